The van der Waals surface area contributed by atoms with Gasteiger partial charge in [0.05, 0.1) is 27.9 Å². The number of hydrogen-bond donors (Lipinski definition) is 0. The number of nitrogens with zero attached hydrogens (tertiary/aromatic N) is 2. The number of hydrogen-bond acceptors (Lipinski definition) is 2. The molecular formula is C22H12ClF3N2O2. The van der Waals surface area contributed by atoms with Gasteiger partial charge >= 0.3 is 6.18 Å². The average Bonchev–Trinajstić information content (AvgIpc) is 3.28. The maximum absolute atomic E-state index is 13.7. The Kier molecular flexibility index (Phi) is 3.95. The van der Waals surface area contributed by atoms with E-state index in [0.717, 1.165) is 11.6 Å². The minimum absolute atomic E-state index is 0.117. The van der Waals surface area contributed by atoms with Gasteiger partial charge in [0, 0.05) is 17.8 Å². The number of carbonyl (C=O) groups is 1. The van der Waals surface area contributed by atoms with Gasteiger partial charge in [-0.25, -0.2) is 0 Å². The molecule has 0 spiro atoms. The van der Waals surface area contributed by atoms with E-state index in [9.17, 15) is 22.8 Å². The van der Waals surface area contributed by atoms with Crippen LogP contribution < -0.4 is 5.43 Å². The molecule has 150 valence electrons. The second kappa shape index (κ2) is 6.34. The average molecular weight is 429 g/mol. The Morgan fingerprint density at radius 1 is 0.933 bits per heavy atom. The van der Waals surface area contributed by atoms with Crippen molar-refractivity contribution in [3.05, 3.63) is 92.7 Å². The number of fused-ring (bicyclic) bond motifs is 4. The SMILES string of the molecule is O=C1c2c(n(Cc3ccc(Cl)cc3)c3cccc(C(F)(F)F)c3c2=O)-c2cccn21. The molecule has 3 heterocycles. The van der Waals surface area contributed by atoms with Gasteiger partial charge in [0.2, 0.25) is 5.43 Å². The molecule has 5 rings (SSSR count). The highest BCUT2D eigenvalue weighted by atomic mass is 35.5. The Labute approximate surface area is 172 Å². The van der Waals surface area contributed by atoms with Crippen LogP contribution in [0.1, 0.15) is 21.5 Å². The molecule has 2 aromatic carbocycles. The molecule has 1 aliphatic heterocycles. The van der Waals surface area contributed by atoms with Crippen LogP contribution in [0.5, 0.6) is 0 Å². The van der Waals surface area contributed by atoms with E-state index in [1.807, 2.05) is 0 Å². The molecular weight excluding hydrogens is 417 g/mol. The van der Waals surface area contributed by atoms with Crippen LogP contribution in [0.3, 0.4) is 0 Å². The van der Waals surface area contributed by atoms with Crippen molar-refractivity contribution in [2.24, 2.45) is 0 Å². The molecule has 0 saturated carbocycles. The molecule has 2 aromatic heterocycles. The highest BCUT2D eigenvalue weighted by Gasteiger charge is 2.38. The lowest BCUT2D eigenvalue weighted by Gasteiger charge is -2.19. The number of carbonyl (C=O) groups excluding carboxylic acids is 1. The third-order valence-corrected chi connectivity index (χ3v) is 5.53. The standard InChI is InChI=1S/C22H12ClF3N2O2/c23-13-8-6-12(7-9-13)11-28-15-4-1-3-14(22(24,25)26)17(15)20(29)18-19(28)16-5-2-10-27(16)21(18)30/h1-10H,11H2. The maximum atomic E-state index is 13.7. The van der Waals surface area contributed by atoms with E-state index < -0.39 is 28.5 Å². The molecule has 30 heavy (non-hydrogen) atoms. The van der Waals surface area contributed by atoms with Gasteiger partial charge in [-0.05, 0) is 42.0 Å². The third-order valence-electron chi connectivity index (χ3n) is 5.28. The number of halogens is 4. The summed E-state index contributed by atoms with van der Waals surface area (Å²) < 4.78 is 44.0. The van der Waals surface area contributed by atoms with Gasteiger partial charge in [0.15, 0.2) is 0 Å². The molecule has 1 aliphatic rings. The molecule has 0 fully saturated rings. The smallest absolute Gasteiger partial charge is 0.334 e. The Hall–Kier alpha value is -3.32. The summed E-state index contributed by atoms with van der Waals surface area (Å²) in [6.45, 7) is 0.163. The van der Waals surface area contributed by atoms with Crippen molar-refractivity contribution in [1.82, 2.24) is 9.13 Å². The minimum atomic E-state index is -4.73. The monoisotopic (exact) mass is 428 g/mol. The van der Waals surface area contributed by atoms with E-state index in [1.165, 1.54) is 22.9 Å². The molecule has 0 N–H and O–H groups in total. The van der Waals surface area contributed by atoms with Gasteiger partial charge in [-0.1, -0.05) is 29.8 Å². The number of rotatable bonds is 2. The van der Waals surface area contributed by atoms with E-state index in [-0.39, 0.29) is 17.6 Å². The van der Waals surface area contributed by atoms with Crippen LogP contribution in [-0.4, -0.2) is 15.0 Å². The van der Waals surface area contributed by atoms with E-state index in [4.69, 9.17) is 11.6 Å². The maximum Gasteiger partial charge on any atom is 0.417 e. The first-order chi connectivity index (χ1) is 14.3. The first kappa shape index (κ1) is 18.7. The summed E-state index contributed by atoms with van der Waals surface area (Å²) in [5.74, 6) is -0.626. The number of benzene rings is 2. The molecule has 8 heteroatoms. The first-order valence-corrected chi connectivity index (χ1v) is 9.39. The Balaban J connectivity index is 1.91. The third kappa shape index (κ3) is 2.62. The zero-order valence-corrected chi connectivity index (χ0v) is 16.0. The molecule has 4 nitrogen and oxygen atoms in total. The summed E-state index contributed by atoms with van der Waals surface area (Å²) in [5.41, 5.74) is -0.538. The van der Waals surface area contributed by atoms with Gasteiger partial charge in [-0.3, -0.25) is 14.2 Å². The zero-order valence-electron chi connectivity index (χ0n) is 15.2. The fraction of sp³-hybridized carbons (Fsp3) is 0.0909. The van der Waals surface area contributed by atoms with Crippen molar-refractivity contribution in [2.45, 2.75) is 12.7 Å². The van der Waals surface area contributed by atoms with Gasteiger partial charge in [0.1, 0.15) is 5.56 Å². The molecule has 0 radical (unpaired) electrons. The molecule has 0 saturated heterocycles. The van der Waals surface area contributed by atoms with Crippen LogP contribution in [0.4, 0.5) is 13.2 Å². The highest BCUT2D eigenvalue weighted by molar-refractivity contribution is 6.30. The van der Waals surface area contributed by atoms with E-state index in [1.54, 1.807) is 41.0 Å². The van der Waals surface area contributed by atoms with Gasteiger partial charge < -0.3 is 4.57 Å². The quantitative estimate of drug-likeness (QED) is 0.388. The van der Waals surface area contributed by atoms with Crippen LogP contribution in [-0.2, 0) is 12.7 Å². The number of alkyl halides is 3. The van der Waals surface area contributed by atoms with Gasteiger partial charge in [0.25, 0.3) is 5.91 Å². The summed E-state index contributed by atoms with van der Waals surface area (Å²) in [6.07, 6.45) is -3.24. The van der Waals surface area contributed by atoms with Crippen LogP contribution in [0.15, 0.2) is 65.6 Å². The van der Waals surface area contributed by atoms with Crippen LogP contribution in [0.25, 0.3) is 22.3 Å². The second-order valence-corrected chi connectivity index (χ2v) is 7.47. The van der Waals surface area contributed by atoms with Crippen molar-refractivity contribution >= 4 is 28.4 Å². The molecule has 0 amide bonds. The van der Waals surface area contributed by atoms with Gasteiger partial charge in [-0.2, -0.15) is 13.2 Å². The summed E-state index contributed by atoms with van der Waals surface area (Å²) in [5, 5.41) is 0.0222. The van der Waals surface area contributed by atoms with Crippen LogP contribution in [0, 0.1) is 0 Å². The second-order valence-electron chi connectivity index (χ2n) is 7.03. The molecule has 0 aliphatic carbocycles. The zero-order chi connectivity index (χ0) is 21.2. The Morgan fingerprint density at radius 3 is 2.37 bits per heavy atom. The molecule has 0 unspecified atom stereocenters. The summed E-state index contributed by atoms with van der Waals surface area (Å²) in [4.78, 5) is 26.0. The summed E-state index contributed by atoms with van der Waals surface area (Å²) in [6, 6.07) is 13.8. The predicted octanol–water partition coefficient (Wildman–Crippen LogP) is 5.19. The minimum Gasteiger partial charge on any atom is -0.334 e. The first-order valence-electron chi connectivity index (χ1n) is 9.01. The predicted molar refractivity (Wildman–Crippen MR) is 107 cm³/mol. The molecule has 4 aromatic rings. The van der Waals surface area contributed by atoms with Crippen molar-refractivity contribution in [2.75, 3.05) is 0 Å². The highest BCUT2D eigenvalue weighted by Crippen LogP contribution is 2.38. The van der Waals surface area contributed by atoms with Crippen molar-refractivity contribution < 1.29 is 18.0 Å². The van der Waals surface area contributed by atoms with Gasteiger partial charge in [-0.15, -0.1) is 0 Å². The fourth-order valence-electron chi connectivity index (χ4n) is 4.00. The summed E-state index contributed by atoms with van der Waals surface area (Å²) >= 11 is 5.95. The molecule has 0 bridgehead atoms. The van der Waals surface area contributed by atoms with Crippen LogP contribution >= 0.6 is 11.6 Å². The lowest BCUT2D eigenvalue weighted by atomic mass is 10.0. The Bertz CT molecular complexity index is 1400. The molecule has 0 atom stereocenters. The number of pyridine rings is 1. The fourth-order valence-corrected chi connectivity index (χ4v) is 4.13. The van der Waals surface area contributed by atoms with Crippen molar-refractivity contribution in [3.63, 3.8) is 0 Å². The Morgan fingerprint density at radius 2 is 1.67 bits per heavy atom. The lowest BCUT2D eigenvalue weighted by Crippen LogP contribution is -2.23. The van der Waals surface area contributed by atoms with Crippen molar-refractivity contribution in [3.8, 4) is 11.4 Å². The number of aromatic nitrogens is 2. The van der Waals surface area contributed by atoms with Crippen LogP contribution in [0.2, 0.25) is 5.02 Å². The van der Waals surface area contributed by atoms with E-state index in [0.29, 0.717) is 16.4 Å². The summed E-state index contributed by atoms with van der Waals surface area (Å²) in [7, 11) is 0. The normalized spacial score (nSPS) is 13.0. The largest absolute Gasteiger partial charge is 0.417 e. The van der Waals surface area contributed by atoms with E-state index >= 15 is 0 Å². The van der Waals surface area contributed by atoms with E-state index in [2.05, 4.69) is 0 Å². The van der Waals surface area contributed by atoms with Crippen molar-refractivity contribution in [1.29, 1.82) is 0 Å². The topological polar surface area (TPSA) is 44.0 Å². The lowest BCUT2D eigenvalue weighted by molar-refractivity contribution is -0.136.